The number of nitrogens with one attached hydrogen (secondary N) is 1. The minimum atomic E-state index is -0.552. The Balaban J connectivity index is 2.43. The van der Waals surface area contributed by atoms with Gasteiger partial charge in [-0.3, -0.25) is 4.79 Å². The topological polar surface area (TPSA) is 55.1 Å². The molecule has 78 valence electrons. The first-order chi connectivity index (χ1) is 6.63. The fourth-order valence-electron chi connectivity index (χ4n) is 1.74. The van der Waals surface area contributed by atoms with Crippen molar-refractivity contribution >= 4 is 5.91 Å². The summed E-state index contributed by atoms with van der Waals surface area (Å²) in [6, 6.07) is -0.552. The minimum Gasteiger partial charge on any atom is -0.349 e. The highest BCUT2D eigenvalue weighted by Crippen LogP contribution is 2.34. The van der Waals surface area contributed by atoms with E-state index in [1.807, 2.05) is 0 Å². The maximum absolute atomic E-state index is 11.6. The first kappa shape index (κ1) is 11.1. The summed E-state index contributed by atoms with van der Waals surface area (Å²) in [7, 11) is 0. The standard InChI is InChI=1S/C11H18N2O/c1-3-6-9(12)10(14)13-11(4-2)7-5-8-11/h1,9H,4-8,12H2,2H3,(H,13,14). The van der Waals surface area contributed by atoms with Crippen LogP contribution in [0.15, 0.2) is 0 Å². The lowest BCUT2D eigenvalue weighted by molar-refractivity contribution is -0.125. The highest BCUT2D eigenvalue weighted by Gasteiger charge is 2.37. The van der Waals surface area contributed by atoms with Gasteiger partial charge in [0.25, 0.3) is 0 Å². The zero-order chi connectivity index (χ0) is 10.6. The van der Waals surface area contributed by atoms with Gasteiger partial charge >= 0.3 is 0 Å². The van der Waals surface area contributed by atoms with Crippen LogP contribution in [0.4, 0.5) is 0 Å². The van der Waals surface area contributed by atoms with Crippen molar-refractivity contribution in [1.82, 2.24) is 5.32 Å². The van der Waals surface area contributed by atoms with Crippen molar-refractivity contribution in [3.63, 3.8) is 0 Å². The molecule has 0 aromatic rings. The maximum Gasteiger partial charge on any atom is 0.238 e. The van der Waals surface area contributed by atoms with Crippen molar-refractivity contribution < 1.29 is 4.79 Å². The van der Waals surface area contributed by atoms with Crippen LogP contribution in [0.3, 0.4) is 0 Å². The summed E-state index contributed by atoms with van der Waals surface area (Å²) >= 11 is 0. The number of hydrogen-bond donors (Lipinski definition) is 2. The molecular weight excluding hydrogens is 176 g/mol. The molecule has 1 aliphatic carbocycles. The van der Waals surface area contributed by atoms with Gasteiger partial charge in [0.2, 0.25) is 5.91 Å². The number of nitrogens with two attached hydrogens (primary N) is 1. The number of rotatable bonds is 4. The Labute approximate surface area is 85.4 Å². The zero-order valence-corrected chi connectivity index (χ0v) is 8.68. The second-order valence-electron chi connectivity index (χ2n) is 3.99. The molecule has 0 aromatic carbocycles. The smallest absolute Gasteiger partial charge is 0.238 e. The molecule has 0 spiro atoms. The van der Waals surface area contributed by atoms with Crippen LogP contribution in [0, 0.1) is 12.3 Å². The van der Waals surface area contributed by atoms with Gasteiger partial charge in [-0.25, -0.2) is 0 Å². The van der Waals surface area contributed by atoms with Gasteiger partial charge < -0.3 is 11.1 Å². The Kier molecular flexibility index (Phi) is 3.54. The number of carbonyl (C=O) groups excluding carboxylic acids is 1. The Morgan fingerprint density at radius 2 is 2.36 bits per heavy atom. The molecule has 3 nitrogen and oxygen atoms in total. The van der Waals surface area contributed by atoms with Crippen molar-refractivity contribution in [2.75, 3.05) is 0 Å². The van der Waals surface area contributed by atoms with Crippen molar-refractivity contribution in [2.24, 2.45) is 5.73 Å². The van der Waals surface area contributed by atoms with E-state index >= 15 is 0 Å². The molecular formula is C11H18N2O. The lowest BCUT2D eigenvalue weighted by Gasteiger charge is -2.42. The van der Waals surface area contributed by atoms with E-state index in [1.54, 1.807) is 0 Å². The molecule has 1 fully saturated rings. The quantitative estimate of drug-likeness (QED) is 0.650. The molecule has 3 N–H and O–H groups in total. The number of amides is 1. The third kappa shape index (κ3) is 2.27. The molecule has 1 unspecified atom stereocenters. The van der Waals surface area contributed by atoms with Gasteiger partial charge in [0.15, 0.2) is 0 Å². The molecule has 1 rings (SSSR count). The summed E-state index contributed by atoms with van der Waals surface area (Å²) < 4.78 is 0. The van der Waals surface area contributed by atoms with Crippen LogP contribution >= 0.6 is 0 Å². The Bertz CT molecular complexity index is 245. The summed E-state index contributed by atoms with van der Waals surface area (Å²) in [6.07, 6.45) is 9.71. The molecule has 3 heteroatoms. The lowest BCUT2D eigenvalue weighted by Crippen LogP contribution is -2.56. The van der Waals surface area contributed by atoms with E-state index in [-0.39, 0.29) is 11.4 Å². The average molecular weight is 194 g/mol. The van der Waals surface area contributed by atoms with Crippen LogP contribution in [0.1, 0.15) is 39.0 Å². The average Bonchev–Trinajstić information content (AvgIpc) is 2.11. The second kappa shape index (κ2) is 4.47. The summed E-state index contributed by atoms with van der Waals surface area (Å²) in [5.41, 5.74) is 5.63. The van der Waals surface area contributed by atoms with Gasteiger partial charge in [0.05, 0.1) is 6.04 Å². The second-order valence-corrected chi connectivity index (χ2v) is 3.99. The van der Waals surface area contributed by atoms with Gasteiger partial charge in [-0.05, 0) is 25.7 Å². The van der Waals surface area contributed by atoms with Crippen LogP contribution in [-0.2, 0) is 4.79 Å². The third-order valence-corrected chi connectivity index (χ3v) is 3.05. The van der Waals surface area contributed by atoms with E-state index < -0.39 is 6.04 Å². The van der Waals surface area contributed by atoms with Gasteiger partial charge in [-0.15, -0.1) is 12.3 Å². The highest BCUT2D eigenvalue weighted by atomic mass is 16.2. The summed E-state index contributed by atoms with van der Waals surface area (Å²) in [5, 5.41) is 3.00. The van der Waals surface area contributed by atoms with Crippen molar-refractivity contribution in [3.05, 3.63) is 0 Å². The van der Waals surface area contributed by atoms with Crippen molar-refractivity contribution in [1.29, 1.82) is 0 Å². The first-order valence-electron chi connectivity index (χ1n) is 5.14. The minimum absolute atomic E-state index is 0.0172. The van der Waals surface area contributed by atoms with Crippen LogP contribution < -0.4 is 11.1 Å². The van der Waals surface area contributed by atoms with Crippen LogP contribution in [0.2, 0.25) is 0 Å². The number of terminal acetylenes is 1. The van der Waals surface area contributed by atoms with Gasteiger partial charge in [0, 0.05) is 12.0 Å². The SMILES string of the molecule is C#CCC(N)C(=O)NC1(CC)CCC1. The maximum atomic E-state index is 11.6. The van der Waals surface area contributed by atoms with E-state index in [4.69, 9.17) is 12.2 Å². The van der Waals surface area contributed by atoms with E-state index in [0.29, 0.717) is 6.42 Å². The fraction of sp³-hybridized carbons (Fsp3) is 0.727. The van der Waals surface area contributed by atoms with E-state index in [0.717, 1.165) is 19.3 Å². The van der Waals surface area contributed by atoms with Gasteiger partial charge in [0.1, 0.15) is 0 Å². The normalized spacial score (nSPS) is 20.4. The van der Waals surface area contributed by atoms with Crippen molar-refractivity contribution in [2.45, 2.75) is 50.6 Å². The molecule has 0 aliphatic heterocycles. The fourth-order valence-corrected chi connectivity index (χ4v) is 1.74. The van der Waals surface area contributed by atoms with Gasteiger partial charge in [-0.1, -0.05) is 6.92 Å². The van der Waals surface area contributed by atoms with Gasteiger partial charge in [-0.2, -0.15) is 0 Å². The number of carbonyl (C=O) groups is 1. The molecule has 1 amide bonds. The molecule has 14 heavy (non-hydrogen) atoms. The predicted molar refractivity (Wildman–Crippen MR) is 56.4 cm³/mol. The van der Waals surface area contributed by atoms with Crippen LogP contribution in [0.5, 0.6) is 0 Å². The molecule has 0 saturated heterocycles. The predicted octanol–water partition coefficient (Wildman–Crippen LogP) is 0.786. The Hall–Kier alpha value is -1.01. The molecule has 1 saturated carbocycles. The summed E-state index contributed by atoms with van der Waals surface area (Å²) in [6.45, 7) is 2.09. The zero-order valence-electron chi connectivity index (χ0n) is 8.68. The molecule has 0 aromatic heterocycles. The summed E-state index contributed by atoms with van der Waals surface area (Å²) in [4.78, 5) is 11.6. The van der Waals surface area contributed by atoms with E-state index in [2.05, 4.69) is 18.2 Å². The van der Waals surface area contributed by atoms with Crippen LogP contribution in [-0.4, -0.2) is 17.5 Å². The van der Waals surface area contributed by atoms with E-state index in [9.17, 15) is 4.79 Å². The Morgan fingerprint density at radius 3 is 2.71 bits per heavy atom. The van der Waals surface area contributed by atoms with Crippen LogP contribution in [0.25, 0.3) is 0 Å². The monoisotopic (exact) mass is 194 g/mol. The molecule has 1 atom stereocenters. The van der Waals surface area contributed by atoms with E-state index in [1.165, 1.54) is 6.42 Å². The highest BCUT2D eigenvalue weighted by molar-refractivity contribution is 5.82. The largest absolute Gasteiger partial charge is 0.349 e. The molecule has 0 heterocycles. The Morgan fingerprint density at radius 1 is 1.71 bits per heavy atom. The lowest BCUT2D eigenvalue weighted by atomic mass is 9.74. The number of hydrogen-bond acceptors (Lipinski definition) is 2. The molecule has 0 bridgehead atoms. The first-order valence-corrected chi connectivity index (χ1v) is 5.14. The summed E-state index contributed by atoms with van der Waals surface area (Å²) in [5.74, 6) is 2.30. The molecule has 0 radical (unpaired) electrons. The molecule has 1 aliphatic rings. The van der Waals surface area contributed by atoms with Crippen molar-refractivity contribution in [3.8, 4) is 12.3 Å². The third-order valence-electron chi connectivity index (χ3n) is 3.05.